The van der Waals surface area contributed by atoms with Crippen LogP contribution in [0.4, 0.5) is 0 Å². The predicted octanol–water partition coefficient (Wildman–Crippen LogP) is 1.44. The smallest absolute Gasteiger partial charge is 0.101 e. The van der Waals surface area contributed by atoms with Gasteiger partial charge in [0.2, 0.25) is 0 Å². The highest BCUT2D eigenvalue weighted by molar-refractivity contribution is 4.53. The Kier molecular flexibility index (Phi) is 7.23. The van der Waals surface area contributed by atoms with Crippen molar-refractivity contribution in [3.63, 3.8) is 0 Å². The summed E-state index contributed by atoms with van der Waals surface area (Å²) in [6.45, 7) is 9.47. The molecule has 0 aliphatic rings. The molecule has 13 heavy (non-hydrogen) atoms. The molecule has 1 atom stereocenters. The van der Waals surface area contributed by atoms with Gasteiger partial charge in [-0.2, -0.15) is 0 Å². The fourth-order valence-electron chi connectivity index (χ4n) is 0.791. The molecule has 3 heteroatoms. The highest BCUT2D eigenvalue weighted by Gasteiger charge is 2.06. The van der Waals surface area contributed by atoms with Crippen LogP contribution in [0.3, 0.4) is 0 Å². The summed E-state index contributed by atoms with van der Waals surface area (Å²) < 4.78 is 10.5. The summed E-state index contributed by atoms with van der Waals surface area (Å²) in [5, 5.41) is 9.36. The molecule has 0 bridgehead atoms. The van der Waals surface area contributed by atoms with E-state index >= 15 is 0 Å². The molecule has 0 fully saturated rings. The molecule has 0 aliphatic heterocycles. The van der Waals surface area contributed by atoms with Gasteiger partial charge in [-0.3, -0.25) is 0 Å². The molecule has 0 aromatic heterocycles. The Hall–Kier alpha value is -0.120. The summed E-state index contributed by atoms with van der Waals surface area (Å²) in [5.41, 5.74) is 0. The van der Waals surface area contributed by atoms with E-state index in [9.17, 15) is 5.11 Å². The summed E-state index contributed by atoms with van der Waals surface area (Å²) in [7, 11) is 0. The summed E-state index contributed by atoms with van der Waals surface area (Å²) in [5.74, 6) is 0.512. The molecule has 0 aromatic rings. The van der Waals surface area contributed by atoms with Crippen LogP contribution in [0.2, 0.25) is 0 Å². The van der Waals surface area contributed by atoms with Crippen LogP contribution < -0.4 is 0 Å². The van der Waals surface area contributed by atoms with Crippen molar-refractivity contribution in [2.75, 3.05) is 19.8 Å². The monoisotopic (exact) mass is 190 g/mol. The molecule has 0 aromatic carbocycles. The zero-order valence-corrected chi connectivity index (χ0v) is 9.12. The van der Waals surface area contributed by atoms with E-state index in [0.717, 1.165) is 0 Å². The molecule has 0 amide bonds. The molecule has 0 aliphatic carbocycles. The molecule has 1 N–H and O–H groups in total. The van der Waals surface area contributed by atoms with E-state index in [-0.39, 0.29) is 6.10 Å². The molecule has 0 saturated carbocycles. The van der Waals surface area contributed by atoms with Gasteiger partial charge in [0.05, 0.1) is 19.3 Å². The number of rotatable bonds is 7. The van der Waals surface area contributed by atoms with Crippen LogP contribution >= 0.6 is 0 Å². The van der Waals surface area contributed by atoms with E-state index in [0.29, 0.717) is 25.7 Å². The second-order valence-electron chi connectivity index (χ2n) is 3.97. The molecule has 0 saturated heterocycles. The Morgan fingerprint density at radius 1 is 1.00 bits per heavy atom. The lowest BCUT2D eigenvalue weighted by Crippen LogP contribution is -2.24. The van der Waals surface area contributed by atoms with Crippen molar-refractivity contribution in [1.29, 1.82) is 0 Å². The van der Waals surface area contributed by atoms with Crippen molar-refractivity contribution in [3.05, 3.63) is 0 Å². The first-order valence-electron chi connectivity index (χ1n) is 4.89. The Labute approximate surface area is 81.0 Å². The summed E-state index contributed by atoms with van der Waals surface area (Å²) >= 11 is 0. The highest BCUT2D eigenvalue weighted by Crippen LogP contribution is 1.96. The number of hydrogen-bond donors (Lipinski definition) is 1. The van der Waals surface area contributed by atoms with E-state index in [1.54, 1.807) is 0 Å². The Balaban J connectivity index is 3.25. The molecule has 0 radical (unpaired) electrons. The molecular formula is C10H22O3. The average Bonchev–Trinajstić information content (AvgIpc) is 2.00. The molecule has 0 unspecified atom stereocenters. The summed E-state index contributed by atoms with van der Waals surface area (Å²) in [4.78, 5) is 0. The van der Waals surface area contributed by atoms with Crippen LogP contribution in [0.15, 0.2) is 0 Å². The number of hydrogen-bond acceptors (Lipinski definition) is 3. The van der Waals surface area contributed by atoms with Gasteiger partial charge >= 0.3 is 0 Å². The zero-order chi connectivity index (χ0) is 10.3. The van der Waals surface area contributed by atoms with Crippen molar-refractivity contribution in [2.45, 2.75) is 39.9 Å². The summed E-state index contributed by atoms with van der Waals surface area (Å²) in [6.07, 6.45) is -0.333. The first kappa shape index (κ1) is 12.9. The second kappa shape index (κ2) is 7.30. The quantitative estimate of drug-likeness (QED) is 0.660. The SMILES string of the molecule is CC(C)COC[C@H](O)COC(C)C. The number of aliphatic hydroxyl groups excluding tert-OH is 1. The van der Waals surface area contributed by atoms with E-state index < -0.39 is 6.10 Å². The van der Waals surface area contributed by atoms with Crippen LogP contribution in [-0.2, 0) is 9.47 Å². The maximum Gasteiger partial charge on any atom is 0.101 e. The van der Waals surface area contributed by atoms with E-state index in [1.807, 2.05) is 13.8 Å². The third-order valence-corrected chi connectivity index (χ3v) is 1.38. The molecule has 3 nitrogen and oxygen atoms in total. The lowest BCUT2D eigenvalue weighted by molar-refractivity contribution is -0.0393. The van der Waals surface area contributed by atoms with Crippen molar-refractivity contribution in [1.82, 2.24) is 0 Å². The molecule has 0 heterocycles. The van der Waals surface area contributed by atoms with Gasteiger partial charge in [0, 0.05) is 6.61 Å². The Morgan fingerprint density at radius 3 is 2.08 bits per heavy atom. The van der Waals surface area contributed by atoms with E-state index in [2.05, 4.69) is 13.8 Å². The molecular weight excluding hydrogens is 168 g/mol. The van der Waals surface area contributed by atoms with Gasteiger partial charge in [0.1, 0.15) is 6.10 Å². The topological polar surface area (TPSA) is 38.7 Å². The standard InChI is InChI=1S/C10H22O3/c1-8(2)5-12-6-10(11)7-13-9(3)4/h8-11H,5-7H2,1-4H3/t10-/m0/s1. The fourth-order valence-corrected chi connectivity index (χ4v) is 0.791. The molecule has 0 rings (SSSR count). The maximum absolute atomic E-state index is 9.36. The van der Waals surface area contributed by atoms with Crippen molar-refractivity contribution in [3.8, 4) is 0 Å². The van der Waals surface area contributed by atoms with Crippen LogP contribution in [0.5, 0.6) is 0 Å². The highest BCUT2D eigenvalue weighted by atomic mass is 16.5. The van der Waals surface area contributed by atoms with Crippen LogP contribution in [0.25, 0.3) is 0 Å². The Bertz CT molecular complexity index is 113. The van der Waals surface area contributed by atoms with Gasteiger partial charge in [-0.15, -0.1) is 0 Å². The zero-order valence-electron chi connectivity index (χ0n) is 9.12. The van der Waals surface area contributed by atoms with Crippen LogP contribution in [0, 0.1) is 5.92 Å². The van der Waals surface area contributed by atoms with Crippen molar-refractivity contribution in [2.24, 2.45) is 5.92 Å². The van der Waals surface area contributed by atoms with Gasteiger partial charge in [0.15, 0.2) is 0 Å². The predicted molar refractivity (Wildman–Crippen MR) is 52.8 cm³/mol. The fraction of sp³-hybridized carbons (Fsp3) is 1.00. The minimum Gasteiger partial charge on any atom is -0.388 e. The van der Waals surface area contributed by atoms with Gasteiger partial charge in [-0.1, -0.05) is 13.8 Å². The lowest BCUT2D eigenvalue weighted by Gasteiger charge is -2.14. The normalized spacial score (nSPS) is 14.1. The third-order valence-electron chi connectivity index (χ3n) is 1.38. The van der Waals surface area contributed by atoms with Crippen molar-refractivity contribution >= 4 is 0 Å². The van der Waals surface area contributed by atoms with Gasteiger partial charge in [-0.25, -0.2) is 0 Å². The molecule has 0 spiro atoms. The van der Waals surface area contributed by atoms with Crippen molar-refractivity contribution < 1.29 is 14.6 Å². The van der Waals surface area contributed by atoms with Gasteiger partial charge in [-0.05, 0) is 19.8 Å². The second-order valence-corrected chi connectivity index (χ2v) is 3.97. The lowest BCUT2D eigenvalue weighted by atomic mass is 10.2. The number of aliphatic hydroxyl groups is 1. The van der Waals surface area contributed by atoms with E-state index in [1.165, 1.54) is 0 Å². The number of ether oxygens (including phenoxy) is 2. The van der Waals surface area contributed by atoms with E-state index in [4.69, 9.17) is 9.47 Å². The molecule has 80 valence electrons. The van der Waals surface area contributed by atoms with Gasteiger partial charge in [0.25, 0.3) is 0 Å². The van der Waals surface area contributed by atoms with Crippen LogP contribution in [0.1, 0.15) is 27.7 Å². The minimum absolute atomic E-state index is 0.166. The minimum atomic E-state index is -0.499. The van der Waals surface area contributed by atoms with Gasteiger partial charge < -0.3 is 14.6 Å². The Morgan fingerprint density at radius 2 is 1.62 bits per heavy atom. The summed E-state index contributed by atoms with van der Waals surface area (Å²) in [6, 6.07) is 0. The third kappa shape index (κ3) is 9.80. The average molecular weight is 190 g/mol. The van der Waals surface area contributed by atoms with Crippen LogP contribution in [-0.4, -0.2) is 37.1 Å². The first-order valence-corrected chi connectivity index (χ1v) is 4.89. The maximum atomic E-state index is 9.36. The first-order chi connectivity index (χ1) is 6.02. The largest absolute Gasteiger partial charge is 0.388 e.